The first-order valence-corrected chi connectivity index (χ1v) is 5.39. The summed E-state index contributed by atoms with van der Waals surface area (Å²) in [6.07, 6.45) is 4.75. The van der Waals surface area contributed by atoms with Crippen LogP contribution in [0.3, 0.4) is 0 Å². The van der Waals surface area contributed by atoms with Crippen LogP contribution in [0.1, 0.15) is 18.9 Å². The highest BCUT2D eigenvalue weighted by atomic mass is 16.2. The second kappa shape index (κ2) is 6.80. The van der Waals surface area contributed by atoms with Crippen molar-refractivity contribution in [1.29, 1.82) is 0 Å². The Morgan fingerprint density at radius 2 is 2.31 bits per heavy atom. The van der Waals surface area contributed by atoms with Crippen molar-refractivity contribution in [3.63, 3.8) is 0 Å². The maximum absolute atomic E-state index is 11.3. The summed E-state index contributed by atoms with van der Waals surface area (Å²) < 4.78 is 0. The summed E-state index contributed by atoms with van der Waals surface area (Å²) >= 11 is 0. The normalized spacial score (nSPS) is 10.6. The third-order valence-corrected chi connectivity index (χ3v) is 2.14. The number of aliphatic hydroxyl groups is 1. The van der Waals surface area contributed by atoms with Crippen LogP contribution in [0.15, 0.2) is 36.4 Å². The van der Waals surface area contributed by atoms with Crippen LogP contribution in [0.2, 0.25) is 0 Å². The fraction of sp³-hybridized carbons (Fsp3) is 0.308. The third kappa shape index (κ3) is 4.28. The molecule has 1 rings (SSSR count). The smallest absolute Gasteiger partial charge is 0.248 e. The molecule has 2 N–H and O–H groups in total. The van der Waals surface area contributed by atoms with Gasteiger partial charge in [0.2, 0.25) is 5.91 Å². The van der Waals surface area contributed by atoms with Gasteiger partial charge in [-0.3, -0.25) is 4.79 Å². The number of nitrogens with one attached hydrogen (secondary N) is 1. The summed E-state index contributed by atoms with van der Waals surface area (Å²) in [6, 6.07) is 7.67. The summed E-state index contributed by atoms with van der Waals surface area (Å²) in [5, 5.41) is 11.5. The number of hydrogen-bond acceptors (Lipinski definition) is 2. The molecule has 3 heteroatoms. The third-order valence-electron chi connectivity index (χ3n) is 2.14. The average Bonchev–Trinajstić information content (AvgIpc) is 2.27. The van der Waals surface area contributed by atoms with E-state index in [1.165, 1.54) is 6.08 Å². The lowest BCUT2D eigenvalue weighted by atomic mass is 10.1. The van der Waals surface area contributed by atoms with Gasteiger partial charge in [0.15, 0.2) is 0 Å². The van der Waals surface area contributed by atoms with E-state index in [0.717, 1.165) is 24.1 Å². The highest BCUT2D eigenvalue weighted by molar-refractivity contribution is 5.99. The van der Waals surface area contributed by atoms with Gasteiger partial charge in [-0.2, -0.15) is 0 Å². The first-order valence-electron chi connectivity index (χ1n) is 5.39. The number of hydrogen-bond donors (Lipinski definition) is 2. The van der Waals surface area contributed by atoms with E-state index < -0.39 is 0 Å². The van der Waals surface area contributed by atoms with Gasteiger partial charge in [0.1, 0.15) is 0 Å². The van der Waals surface area contributed by atoms with E-state index in [4.69, 9.17) is 5.11 Å². The fourth-order valence-corrected chi connectivity index (χ4v) is 1.42. The Morgan fingerprint density at radius 3 is 3.00 bits per heavy atom. The van der Waals surface area contributed by atoms with E-state index in [2.05, 4.69) is 5.32 Å². The maximum Gasteiger partial charge on any atom is 0.248 e. The molecule has 0 bridgehead atoms. The lowest BCUT2D eigenvalue weighted by Crippen LogP contribution is -2.07. The van der Waals surface area contributed by atoms with Gasteiger partial charge in [0.25, 0.3) is 0 Å². The number of aryl methyl sites for hydroxylation is 1. The number of amides is 1. The summed E-state index contributed by atoms with van der Waals surface area (Å²) in [7, 11) is 0. The van der Waals surface area contributed by atoms with Gasteiger partial charge >= 0.3 is 0 Å². The highest BCUT2D eigenvalue weighted by Crippen LogP contribution is 2.12. The largest absolute Gasteiger partial charge is 0.396 e. The second-order valence-electron chi connectivity index (χ2n) is 3.52. The zero-order valence-corrected chi connectivity index (χ0v) is 9.44. The van der Waals surface area contributed by atoms with Gasteiger partial charge in [0.05, 0.1) is 0 Å². The molecular weight excluding hydrogens is 202 g/mol. The molecule has 0 spiro atoms. The zero-order chi connectivity index (χ0) is 11.8. The molecule has 0 aliphatic rings. The molecule has 16 heavy (non-hydrogen) atoms. The minimum Gasteiger partial charge on any atom is -0.396 e. The fourth-order valence-electron chi connectivity index (χ4n) is 1.42. The standard InChI is InChI=1S/C13H17NO2/c1-2-5-13(16)14-12-8-3-6-11(10-12)7-4-9-15/h2-3,5-6,8,10,15H,4,7,9H2,1H3,(H,14,16)/b5-2+. The van der Waals surface area contributed by atoms with E-state index >= 15 is 0 Å². The van der Waals surface area contributed by atoms with E-state index in [1.807, 2.05) is 24.3 Å². The van der Waals surface area contributed by atoms with Crippen molar-refractivity contribution in [2.24, 2.45) is 0 Å². The predicted octanol–water partition coefficient (Wildman–Crippen LogP) is 2.13. The Bertz CT molecular complexity index is 372. The molecule has 0 aliphatic carbocycles. The van der Waals surface area contributed by atoms with Crippen LogP contribution in [0.25, 0.3) is 0 Å². The maximum atomic E-state index is 11.3. The molecule has 0 fully saturated rings. The lowest BCUT2D eigenvalue weighted by molar-refractivity contribution is -0.111. The number of aliphatic hydroxyl groups excluding tert-OH is 1. The van der Waals surface area contributed by atoms with Crippen LogP contribution >= 0.6 is 0 Å². The van der Waals surface area contributed by atoms with Crippen molar-refractivity contribution < 1.29 is 9.90 Å². The van der Waals surface area contributed by atoms with Crippen LogP contribution in [-0.2, 0) is 11.2 Å². The van der Waals surface area contributed by atoms with Crippen molar-refractivity contribution in [3.8, 4) is 0 Å². The van der Waals surface area contributed by atoms with Crippen molar-refractivity contribution in [1.82, 2.24) is 0 Å². The Balaban J connectivity index is 2.63. The van der Waals surface area contributed by atoms with Gasteiger partial charge in [-0.15, -0.1) is 0 Å². The van der Waals surface area contributed by atoms with Gasteiger partial charge < -0.3 is 10.4 Å². The van der Waals surface area contributed by atoms with E-state index in [0.29, 0.717) is 0 Å². The van der Waals surface area contributed by atoms with Crippen molar-refractivity contribution in [2.45, 2.75) is 19.8 Å². The minimum atomic E-state index is -0.123. The predicted molar refractivity (Wildman–Crippen MR) is 65.3 cm³/mol. The lowest BCUT2D eigenvalue weighted by Gasteiger charge is -2.05. The number of anilines is 1. The summed E-state index contributed by atoms with van der Waals surface area (Å²) in [5.41, 5.74) is 1.91. The highest BCUT2D eigenvalue weighted by Gasteiger charge is 1.98. The molecule has 0 atom stereocenters. The molecule has 0 aliphatic heterocycles. The number of allylic oxidation sites excluding steroid dienone is 1. The van der Waals surface area contributed by atoms with Crippen LogP contribution < -0.4 is 5.32 Å². The second-order valence-corrected chi connectivity index (χ2v) is 3.52. The summed E-state index contributed by atoms with van der Waals surface area (Å²) in [4.78, 5) is 11.3. The molecule has 3 nitrogen and oxygen atoms in total. The molecule has 1 aromatic carbocycles. The van der Waals surface area contributed by atoms with Gasteiger partial charge in [-0.1, -0.05) is 18.2 Å². The van der Waals surface area contributed by atoms with E-state index in [1.54, 1.807) is 13.0 Å². The minimum absolute atomic E-state index is 0.123. The molecule has 86 valence electrons. The SMILES string of the molecule is C/C=C/C(=O)Nc1cccc(CCCO)c1. The van der Waals surface area contributed by atoms with Gasteiger partial charge in [0, 0.05) is 12.3 Å². The molecule has 1 aromatic rings. The zero-order valence-electron chi connectivity index (χ0n) is 9.44. The monoisotopic (exact) mass is 219 g/mol. The first-order chi connectivity index (χ1) is 7.76. The number of carbonyl (C=O) groups is 1. The van der Waals surface area contributed by atoms with Crippen molar-refractivity contribution in [3.05, 3.63) is 42.0 Å². The van der Waals surface area contributed by atoms with Crippen molar-refractivity contribution >= 4 is 11.6 Å². The molecule has 0 radical (unpaired) electrons. The molecule has 1 amide bonds. The average molecular weight is 219 g/mol. The molecule has 0 heterocycles. The quantitative estimate of drug-likeness (QED) is 0.745. The van der Waals surface area contributed by atoms with Crippen LogP contribution in [0, 0.1) is 0 Å². The Hall–Kier alpha value is -1.61. The topological polar surface area (TPSA) is 49.3 Å². The van der Waals surface area contributed by atoms with Crippen LogP contribution in [-0.4, -0.2) is 17.6 Å². The molecule has 0 unspecified atom stereocenters. The Morgan fingerprint density at radius 1 is 1.50 bits per heavy atom. The van der Waals surface area contributed by atoms with E-state index in [-0.39, 0.29) is 12.5 Å². The van der Waals surface area contributed by atoms with Crippen LogP contribution in [0.4, 0.5) is 5.69 Å². The number of benzene rings is 1. The molecule has 0 saturated carbocycles. The molecular formula is C13H17NO2. The molecule has 0 aromatic heterocycles. The van der Waals surface area contributed by atoms with Gasteiger partial charge in [-0.25, -0.2) is 0 Å². The Kier molecular flexibility index (Phi) is 5.29. The number of rotatable bonds is 5. The molecule has 0 saturated heterocycles. The van der Waals surface area contributed by atoms with Crippen LogP contribution in [0.5, 0.6) is 0 Å². The Labute approximate surface area is 95.8 Å². The summed E-state index contributed by atoms with van der Waals surface area (Å²) in [5.74, 6) is -0.123. The van der Waals surface area contributed by atoms with Gasteiger partial charge in [-0.05, 0) is 43.5 Å². The first kappa shape index (κ1) is 12.5. The number of carbonyl (C=O) groups excluding carboxylic acids is 1. The van der Waals surface area contributed by atoms with E-state index in [9.17, 15) is 4.79 Å². The summed E-state index contributed by atoms with van der Waals surface area (Å²) in [6.45, 7) is 1.99. The van der Waals surface area contributed by atoms with Crippen molar-refractivity contribution in [2.75, 3.05) is 11.9 Å².